The molecular formula is C18H28ClNO2. The van der Waals surface area contributed by atoms with Crippen molar-refractivity contribution in [2.45, 2.75) is 39.2 Å². The number of nitrogens with one attached hydrogen (secondary N) is 1. The summed E-state index contributed by atoms with van der Waals surface area (Å²) >= 11 is 0. The molecule has 0 radical (unpaired) electrons. The molecule has 1 aliphatic rings. The van der Waals surface area contributed by atoms with E-state index in [2.05, 4.69) is 12.2 Å². The molecule has 1 N–H and O–H groups in total. The predicted molar refractivity (Wildman–Crippen MR) is 92.8 cm³/mol. The summed E-state index contributed by atoms with van der Waals surface area (Å²) in [5.41, 5.74) is 0.808. The van der Waals surface area contributed by atoms with Crippen LogP contribution in [0.25, 0.3) is 0 Å². The molecule has 124 valence electrons. The molecule has 3 nitrogen and oxygen atoms in total. The first-order valence-electron chi connectivity index (χ1n) is 8.15. The topological polar surface area (TPSA) is 38.3 Å². The van der Waals surface area contributed by atoms with Gasteiger partial charge in [0.05, 0.1) is 6.10 Å². The second kappa shape index (κ2) is 9.98. The minimum atomic E-state index is -0.00757. The molecule has 1 heterocycles. The van der Waals surface area contributed by atoms with Crippen LogP contribution in [0.5, 0.6) is 0 Å². The average molecular weight is 326 g/mol. The van der Waals surface area contributed by atoms with Crippen LogP contribution in [-0.4, -0.2) is 31.6 Å². The molecule has 0 aromatic heterocycles. The number of halogens is 1. The second-order valence-corrected chi connectivity index (χ2v) is 5.94. The van der Waals surface area contributed by atoms with E-state index in [1.165, 1.54) is 0 Å². The highest BCUT2D eigenvalue weighted by atomic mass is 35.5. The van der Waals surface area contributed by atoms with Gasteiger partial charge in [-0.3, -0.25) is 4.79 Å². The van der Waals surface area contributed by atoms with Gasteiger partial charge in [-0.15, -0.1) is 12.4 Å². The molecule has 0 amide bonds. The highest BCUT2D eigenvalue weighted by molar-refractivity contribution is 5.97. The Labute approximate surface area is 140 Å². The number of carbonyl (C=O) groups is 1. The number of hydrogen-bond acceptors (Lipinski definition) is 3. The van der Waals surface area contributed by atoms with Crippen LogP contribution in [0.2, 0.25) is 0 Å². The number of hydrogen-bond donors (Lipinski definition) is 1. The maximum atomic E-state index is 12.6. The zero-order valence-corrected chi connectivity index (χ0v) is 14.4. The molecule has 2 rings (SSSR count). The van der Waals surface area contributed by atoms with Crippen molar-refractivity contribution in [3.05, 3.63) is 35.9 Å². The van der Waals surface area contributed by atoms with Gasteiger partial charge in [0.2, 0.25) is 0 Å². The van der Waals surface area contributed by atoms with E-state index in [0.29, 0.717) is 0 Å². The van der Waals surface area contributed by atoms with Crippen molar-refractivity contribution in [3.8, 4) is 0 Å². The molecule has 0 spiro atoms. The maximum Gasteiger partial charge on any atom is 0.166 e. The summed E-state index contributed by atoms with van der Waals surface area (Å²) in [4.78, 5) is 12.6. The van der Waals surface area contributed by atoms with Crippen molar-refractivity contribution < 1.29 is 9.53 Å². The average Bonchev–Trinajstić information content (AvgIpc) is 2.55. The number of rotatable bonds is 7. The standard InChI is InChI=1S/C18H27NO2.ClH/c1-3-4-12-21-17-10-11-19-13-16(17)14(2)18(20)15-8-6-5-7-9-15;/h5-9,14,16-17,19H,3-4,10-13H2,1-2H3;1H. The second-order valence-electron chi connectivity index (χ2n) is 5.94. The Kier molecular flexibility index (Phi) is 8.69. The number of Topliss-reactive ketones (excluding diaryl/α,β-unsaturated/α-hetero) is 1. The zero-order valence-electron chi connectivity index (χ0n) is 13.6. The van der Waals surface area contributed by atoms with Crippen LogP contribution in [0.1, 0.15) is 43.5 Å². The maximum absolute atomic E-state index is 12.6. The Hall–Kier alpha value is -0.900. The highest BCUT2D eigenvalue weighted by Gasteiger charge is 2.33. The number of ether oxygens (including phenoxy) is 1. The quantitative estimate of drug-likeness (QED) is 0.613. The van der Waals surface area contributed by atoms with Crippen molar-refractivity contribution in [1.29, 1.82) is 0 Å². The molecular weight excluding hydrogens is 298 g/mol. The van der Waals surface area contributed by atoms with E-state index < -0.39 is 0 Å². The van der Waals surface area contributed by atoms with E-state index in [1.54, 1.807) is 0 Å². The molecule has 3 unspecified atom stereocenters. The summed E-state index contributed by atoms with van der Waals surface area (Å²) in [5, 5.41) is 3.41. The molecule has 3 atom stereocenters. The fourth-order valence-electron chi connectivity index (χ4n) is 3.00. The molecule has 1 saturated heterocycles. The smallest absolute Gasteiger partial charge is 0.166 e. The van der Waals surface area contributed by atoms with Crippen LogP contribution in [0.15, 0.2) is 30.3 Å². The monoisotopic (exact) mass is 325 g/mol. The molecule has 22 heavy (non-hydrogen) atoms. The van der Waals surface area contributed by atoms with Crippen molar-refractivity contribution in [2.75, 3.05) is 19.7 Å². The lowest BCUT2D eigenvalue weighted by molar-refractivity contribution is -0.0197. The van der Waals surface area contributed by atoms with Gasteiger partial charge in [0.25, 0.3) is 0 Å². The van der Waals surface area contributed by atoms with Crippen LogP contribution in [-0.2, 0) is 4.74 Å². The van der Waals surface area contributed by atoms with Crippen molar-refractivity contribution in [2.24, 2.45) is 11.8 Å². The Balaban J connectivity index is 0.00000242. The van der Waals surface area contributed by atoms with Crippen LogP contribution in [0.4, 0.5) is 0 Å². The molecule has 0 saturated carbocycles. The van der Waals surface area contributed by atoms with E-state index in [9.17, 15) is 4.79 Å². The first-order chi connectivity index (χ1) is 10.2. The highest BCUT2D eigenvalue weighted by Crippen LogP contribution is 2.26. The van der Waals surface area contributed by atoms with E-state index in [4.69, 9.17) is 4.74 Å². The first kappa shape index (κ1) is 19.1. The van der Waals surface area contributed by atoms with Gasteiger partial charge < -0.3 is 10.1 Å². The van der Waals surface area contributed by atoms with Gasteiger partial charge in [-0.1, -0.05) is 50.6 Å². The number of carbonyl (C=O) groups excluding carboxylic acids is 1. The van der Waals surface area contributed by atoms with E-state index in [1.807, 2.05) is 37.3 Å². The Bertz CT molecular complexity index is 438. The molecule has 0 aliphatic carbocycles. The molecule has 1 aromatic rings. The van der Waals surface area contributed by atoms with Crippen molar-refractivity contribution in [3.63, 3.8) is 0 Å². The number of ketones is 1. The number of piperidine rings is 1. The lowest BCUT2D eigenvalue weighted by Crippen LogP contribution is -2.46. The van der Waals surface area contributed by atoms with Crippen LogP contribution >= 0.6 is 12.4 Å². The lowest BCUT2D eigenvalue weighted by Gasteiger charge is -2.35. The summed E-state index contributed by atoms with van der Waals surface area (Å²) in [6.07, 6.45) is 3.45. The fraction of sp³-hybridized carbons (Fsp3) is 0.611. The van der Waals surface area contributed by atoms with Gasteiger partial charge in [0.15, 0.2) is 5.78 Å². The molecule has 1 fully saturated rings. The SMILES string of the molecule is CCCCOC1CCNCC1C(C)C(=O)c1ccccc1.Cl. The van der Waals surface area contributed by atoms with Crippen LogP contribution in [0.3, 0.4) is 0 Å². The van der Waals surface area contributed by atoms with E-state index >= 15 is 0 Å². The number of unbranched alkanes of at least 4 members (excludes halogenated alkanes) is 1. The fourth-order valence-corrected chi connectivity index (χ4v) is 3.00. The third-order valence-corrected chi connectivity index (χ3v) is 4.41. The Morgan fingerprint density at radius 1 is 1.36 bits per heavy atom. The largest absolute Gasteiger partial charge is 0.378 e. The van der Waals surface area contributed by atoms with E-state index in [0.717, 1.165) is 44.5 Å². The van der Waals surface area contributed by atoms with Crippen molar-refractivity contribution >= 4 is 18.2 Å². The Morgan fingerprint density at radius 3 is 2.77 bits per heavy atom. The molecule has 4 heteroatoms. The van der Waals surface area contributed by atoms with E-state index in [-0.39, 0.29) is 36.1 Å². The minimum absolute atomic E-state index is 0. The normalized spacial score (nSPS) is 22.6. The predicted octanol–water partition coefficient (Wildman–Crippen LogP) is 3.72. The summed E-state index contributed by atoms with van der Waals surface area (Å²) in [6, 6.07) is 9.60. The Morgan fingerprint density at radius 2 is 2.09 bits per heavy atom. The van der Waals surface area contributed by atoms with Gasteiger partial charge in [-0.25, -0.2) is 0 Å². The van der Waals surface area contributed by atoms with Crippen LogP contribution in [0, 0.1) is 11.8 Å². The molecule has 0 bridgehead atoms. The lowest BCUT2D eigenvalue weighted by atomic mass is 9.80. The molecule has 1 aliphatic heterocycles. The summed E-state index contributed by atoms with van der Waals surface area (Å²) < 4.78 is 6.05. The van der Waals surface area contributed by atoms with Crippen molar-refractivity contribution in [1.82, 2.24) is 5.32 Å². The van der Waals surface area contributed by atoms with Gasteiger partial charge >= 0.3 is 0 Å². The summed E-state index contributed by atoms with van der Waals surface area (Å²) in [7, 11) is 0. The number of benzene rings is 1. The third-order valence-electron chi connectivity index (χ3n) is 4.41. The summed E-state index contributed by atoms with van der Waals surface area (Å²) in [6.45, 7) is 6.88. The van der Waals surface area contributed by atoms with Gasteiger partial charge in [-0.2, -0.15) is 0 Å². The summed E-state index contributed by atoms with van der Waals surface area (Å²) in [5.74, 6) is 0.489. The van der Waals surface area contributed by atoms with Crippen LogP contribution < -0.4 is 5.32 Å². The van der Waals surface area contributed by atoms with Gasteiger partial charge in [-0.05, 0) is 19.4 Å². The third kappa shape index (κ3) is 5.08. The minimum Gasteiger partial charge on any atom is -0.378 e. The molecule has 1 aromatic carbocycles. The zero-order chi connectivity index (χ0) is 15.1. The van der Waals surface area contributed by atoms with Gasteiger partial charge in [0.1, 0.15) is 0 Å². The van der Waals surface area contributed by atoms with Gasteiger partial charge in [0, 0.05) is 30.6 Å². The first-order valence-corrected chi connectivity index (χ1v) is 8.15.